The quantitative estimate of drug-likeness (QED) is 0.536. The first-order chi connectivity index (χ1) is 12.6. The molecule has 0 saturated heterocycles. The molecule has 3 rings (SSSR count). The number of hydrogen-bond acceptors (Lipinski definition) is 2. The van der Waals surface area contributed by atoms with Gasteiger partial charge < -0.3 is 15.4 Å². The normalized spacial score (nSPS) is 15.3. The van der Waals surface area contributed by atoms with Crippen molar-refractivity contribution in [1.82, 2.24) is 5.32 Å². The first-order valence-electron chi connectivity index (χ1n) is 9.11. The molecule has 4 heteroatoms. The van der Waals surface area contributed by atoms with E-state index in [1.165, 1.54) is 24.0 Å². The molecule has 0 radical (unpaired) electrons. The van der Waals surface area contributed by atoms with Crippen LogP contribution < -0.4 is 15.4 Å². The molecule has 1 saturated carbocycles. The summed E-state index contributed by atoms with van der Waals surface area (Å²) in [5.41, 5.74) is 3.48. The molecule has 2 N–H and O–H groups in total. The van der Waals surface area contributed by atoms with Crippen molar-refractivity contribution in [3.63, 3.8) is 0 Å². The third-order valence-corrected chi connectivity index (χ3v) is 5.10. The largest absolute Gasteiger partial charge is 0.490 e. The van der Waals surface area contributed by atoms with Gasteiger partial charge in [-0.1, -0.05) is 55.3 Å². The molecular weight excluding hydrogens is 340 g/mol. The highest BCUT2D eigenvalue weighted by atomic mass is 32.1. The van der Waals surface area contributed by atoms with Gasteiger partial charge in [0.2, 0.25) is 0 Å². The summed E-state index contributed by atoms with van der Waals surface area (Å²) >= 11 is 5.61. The average Bonchev–Trinajstić information content (AvgIpc) is 3.11. The van der Waals surface area contributed by atoms with Gasteiger partial charge in [0.25, 0.3) is 0 Å². The van der Waals surface area contributed by atoms with Crippen LogP contribution in [0.5, 0.6) is 5.75 Å². The van der Waals surface area contributed by atoms with Crippen molar-refractivity contribution < 1.29 is 4.74 Å². The van der Waals surface area contributed by atoms with Crippen molar-refractivity contribution in [3.05, 3.63) is 72.3 Å². The Hall–Kier alpha value is -2.33. The molecule has 2 aromatic carbocycles. The second-order valence-corrected chi connectivity index (χ2v) is 7.27. The first kappa shape index (κ1) is 18.5. The summed E-state index contributed by atoms with van der Waals surface area (Å²) in [6, 6.07) is 16.6. The molecule has 0 atom stereocenters. The van der Waals surface area contributed by atoms with Crippen molar-refractivity contribution in [2.24, 2.45) is 0 Å². The zero-order valence-electron chi connectivity index (χ0n) is 15.3. The Labute approximate surface area is 161 Å². The van der Waals surface area contributed by atoms with Crippen molar-refractivity contribution >= 4 is 23.0 Å². The van der Waals surface area contributed by atoms with Gasteiger partial charge in [0.05, 0.1) is 5.54 Å². The van der Waals surface area contributed by atoms with E-state index in [0.29, 0.717) is 11.7 Å². The SMILES string of the molecule is C=CCOc1ccc(NC(=S)NC2(c3ccc(C)cc3)CCCC2)cc1. The maximum absolute atomic E-state index is 5.61. The van der Waals surface area contributed by atoms with Gasteiger partial charge >= 0.3 is 0 Å². The predicted octanol–water partition coefficient (Wildman–Crippen LogP) is 5.32. The van der Waals surface area contributed by atoms with Crippen LogP contribution in [0, 0.1) is 6.92 Å². The Morgan fingerprint density at radius 1 is 1.12 bits per heavy atom. The van der Waals surface area contributed by atoms with Gasteiger partial charge in [0.1, 0.15) is 12.4 Å². The Kier molecular flexibility index (Phi) is 5.94. The van der Waals surface area contributed by atoms with Crippen molar-refractivity contribution in [3.8, 4) is 5.75 Å². The van der Waals surface area contributed by atoms with E-state index in [0.717, 1.165) is 24.3 Å². The van der Waals surface area contributed by atoms with Gasteiger partial charge in [0, 0.05) is 5.69 Å². The highest BCUT2D eigenvalue weighted by Gasteiger charge is 2.36. The topological polar surface area (TPSA) is 33.3 Å². The highest BCUT2D eigenvalue weighted by Crippen LogP contribution is 2.39. The molecule has 0 aliphatic heterocycles. The summed E-state index contributed by atoms with van der Waals surface area (Å²) in [5, 5.41) is 7.56. The van der Waals surface area contributed by atoms with Crippen molar-refractivity contribution in [2.75, 3.05) is 11.9 Å². The highest BCUT2D eigenvalue weighted by molar-refractivity contribution is 7.80. The van der Waals surface area contributed by atoms with E-state index in [1.54, 1.807) is 6.08 Å². The Balaban J connectivity index is 1.67. The summed E-state index contributed by atoms with van der Waals surface area (Å²) in [7, 11) is 0. The summed E-state index contributed by atoms with van der Waals surface area (Å²) in [6.45, 7) is 6.28. The number of nitrogens with one attached hydrogen (secondary N) is 2. The molecule has 0 aromatic heterocycles. The van der Waals surface area contributed by atoms with E-state index < -0.39 is 0 Å². The van der Waals surface area contributed by atoms with E-state index in [1.807, 2.05) is 24.3 Å². The Morgan fingerprint density at radius 3 is 2.38 bits per heavy atom. The third-order valence-electron chi connectivity index (χ3n) is 4.89. The smallest absolute Gasteiger partial charge is 0.171 e. The van der Waals surface area contributed by atoms with Crippen LogP contribution in [0.25, 0.3) is 0 Å². The second-order valence-electron chi connectivity index (χ2n) is 6.86. The van der Waals surface area contributed by atoms with Crippen LogP contribution in [0.4, 0.5) is 5.69 Å². The first-order valence-corrected chi connectivity index (χ1v) is 9.52. The van der Waals surface area contributed by atoms with Crippen LogP contribution in [0.2, 0.25) is 0 Å². The fourth-order valence-electron chi connectivity index (χ4n) is 3.51. The maximum Gasteiger partial charge on any atom is 0.171 e. The lowest BCUT2D eigenvalue weighted by Gasteiger charge is -2.32. The van der Waals surface area contributed by atoms with Crippen LogP contribution >= 0.6 is 12.2 Å². The minimum atomic E-state index is -0.0647. The lowest BCUT2D eigenvalue weighted by atomic mass is 9.88. The van der Waals surface area contributed by atoms with E-state index in [4.69, 9.17) is 17.0 Å². The van der Waals surface area contributed by atoms with Gasteiger partial charge in [-0.3, -0.25) is 0 Å². The molecule has 136 valence electrons. The second kappa shape index (κ2) is 8.37. The fraction of sp³-hybridized carbons (Fsp3) is 0.318. The van der Waals surface area contributed by atoms with E-state index in [9.17, 15) is 0 Å². The van der Waals surface area contributed by atoms with E-state index in [2.05, 4.69) is 48.4 Å². The third kappa shape index (κ3) is 4.44. The minimum Gasteiger partial charge on any atom is -0.490 e. The van der Waals surface area contributed by atoms with Crippen LogP contribution in [0.1, 0.15) is 36.8 Å². The lowest BCUT2D eigenvalue weighted by Crippen LogP contribution is -2.45. The number of aryl methyl sites for hydroxylation is 1. The van der Waals surface area contributed by atoms with Crippen molar-refractivity contribution in [2.45, 2.75) is 38.1 Å². The molecule has 1 fully saturated rings. The van der Waals surface area contributed by atoms with Gasteiger partial charge in [0.15, 0.2) is 5.11 Å². The van der Waals surface area contributed by atoms with Gasteiger partial charge in [-0.2, -0.15) is 0 Å². The molecule has 1 aliphatic carbocycles. The zero-order valence-corrected chi connectivity index (χ0v) is 16.1. The summed E-state index contributed by atoms with van der Waals surface area (Å²) in [6.07, 6.45) is 6.38. The number of anilines is 1. The molecule has 0 unspecified atom stereocenters. The lowest BCUT2D eigenvalue weighted by molar-refractivity contribution is 0.363. The van der Waals surface area contributed by atoms with Crippen LogP contribution in [-0.2, 0) is 5.54 Å². The van der Waals surface area contributed by atoms with Crippen molar-refractivity contribution in [1.29, 1.82) is 0 Å². The standard InChI is InChI=1S/C22H26N2OS/c1-3-16-25-20-12-10-19(11-13-20)23-21(26)24-22(14-4-5-15-22)18-8-6-17(2)7-9-18/h3,6-13H,1,4-5,14-16H2,2H3,(H2,23,24,26). The monoisotopic (exact) mass is 366 g/mol. The summed E-state index contributed by atoms with van der Waals surface area (Å²) < 4.78 is 5.51. The summed E-state index contributed by atoms with van der Waals surface area (Å²) in [4.78, 5) is 0. The molecule has 0 spiro atoms. The van der Waals surface area contributed by atoms with Crippen LogP contribution in [-0.4, -0.2) is 11.7 Å². The van der Waals surface area contributed by atoms with E-state index in [-0.39, 0.29) is 5.54 Å². The number of hydrogen-bond donors (Lipinski definition) is 2. The number of rotatable bonds is 6. The predicted molar refractivity (Wildman–Crippen MR) is 113 cm³/mol. The van der Waals surface area contributed by atoms with Gasteiger partial charge in [-0.25, -0.2) is 0 Å². The molecule has 26 heavy (non-hydrogen) atoms. The molecular formula is C22H26N2OS. The fourth-order valence-corrected chi connectivity index (χ4v) is 3.82. The number of ether oxygens (including phenoxy) is 1. The molecule has 0 amide bonds. The number of benzene rings is 2. The van der Waals surface area contributed by atoms with Gasteiger partial charge in [-0.15, -0.1) is 0 Å². The average molecular weight is 367 g/mol. The van der Waals surface area contributed by atoms with Crippen LogP contribution in [0.15, 0.2) is 61.2 Å². The number of thiocarbonyl (C=S) groups is 1. The minimum absolute atomic E-state index is 0.0647. The zero-order chi connectivity index (χ0) is 18.4. The Morgan fingerprint density at radius 2 is 1.77 bits per heavy atom. The van der Waals surface area contributed by atoms with E-state index >= 15 is 0 Å². The maximum atomic E-state index is 5.61. The summed E-state index contributed by atoms with van der Waals surface area (Å²) in [5.74, 6) is 0.821. The van der Waals surface area contributed by atoms with Crippen LogP contribution in [0.3, 0.4) is 0 Å². The molecule has 1 aliphatic rings. The van der Waals surface area contributed by atoms with Gasteiger partial charge in [-0.05, 0) is 61.8 Å². The molecule has 3 nitrogen and oxygen atoms in total. The molecule has 0 heterocycles. The molecule has 0 bridgehead atoms. The Bertz CT molecular complexity index is 747. The molecule has 2 aromatic rings.